The molecule has 0 saturated heterocycles. The Morgan fingerprint density at radius 3 is 1.79 bits per heavy atom. The smallest absolute Gasteiger partial charge is 0.149 e. The third-order valence-corrected chi connectivity index (χ3v) is 15.3. The van der Waals surface area contributed by atoms with E-state index in [0.29, 0.717) is 16.9 Å². The van der Waals surface area contributed by atoms with Crippen LogP contribution in [-0.4, -0.2) is 29.0 Å². The molecule has 4 aromatic heterocycles. The van der Waals surface area contributed by atoms with Crippen LogP contribution in [0.15, 0.2) is 200 Å². The number of para-hydroxylation sites is 1. The van der Waals surface area contributed by atoms with Gasteiger partial charge in [-0.25, -0.2) is 9.97 Å². The summed E-state index contributed by atoms with van der Waals surface area (Å²) in [6, 6.07) is 69.2. The number of phenolic OH excluding ortho intramolecular Hbond substituents is 1. The molecule has 0 spiro atoms. The summed E-state index contributed by atoms with van der Waals surface area (Å²) in [5.41, 5.74) is 19.0. The van der Waals surface area contributed by atoms with Crippen LogP contribution < -0.4 is 0 Å². The molecule has 13 aromatic rings. The predicted octanol–water partition coefficient (Wildman–Crippen LogP) is 18.3. The molecule has 4 heterocycles. The van der Waals surface area contributed by atoms with Crippen LogP contribution in [0.5, 0.6) is 5.75 Å². The minimum absolute atomic E-state index is 0.112. The Hall–Kier alpha value is -8.87. The van der Waals surface area contributed by atoms with Gasteiger partial charge in [0, 0.05) is 39.5 Å². The summed E-state index contributed by atoms with van der Waals surface area (Å²) < 4.78 is 4.66. The van der Waals surface area contributed by atoms with Crippen molar-refractivity contribution >= 4 is 60.2 Å². The van der Waals surface area contributed by atoms with Crippen molar-refractivity contribution in [3.8, 4) is 67.5 Å². The fraction of sp³-hybridized carbons (Fsp3) is 0.145. The monoisotopic (exact) mass is 971 g/mol. The van der Waals surface area contributed by atoms with E-state index in [0.717, 1.165) is 93.8 Å². The maximum atomic E-state index is 12.7. The van der Waals surface area contributed by atoms with Crippen molar-refractivity contribution in [1.82, 2.24) is 23.9 Å². The average molecular weight is 972 g/mol. The van der Waals surface area contributed by atoms with Crippen LogP contribution in [0.1, 0.15) is 77.0 Å². The zero-order valence-corrected chi connectivity index (χ0v) is 43.4. The Morgan fingerprint density at radius 1 is 0.480 bits per heavy atom. The maximum absolute atomic E-state index is 12.7. The quantitative estimate of drug-likeness (QED) is 0.154. The van der Waals surface area contributed by atoms with Gasteiger partial charge in [-0.3, -0.25) is 14.0 Å². The summed E-state index contributed by atoms with van der Waals surface area (Å²) in [7, 11) is 0. The summed E-state index contributed by atoms with van der Waals surface area (Å²) >= 11 is 0. The topological polar surface area (TPSA) is 68.2 Å². The summed E-state index contributed by atoms with van der Waals surface area (Å²) in [6.07, 6.45) is 1.92. The number of fused-ring (bicyclic) bond motifs is 11. The van der Waals surface area contributed by atoms with Crippen molar-refractivity contribution in [3.05, 3.63) is 217 Å². The molecule has 0 atom stereocenters. The number of hydrogen-bond acceptors (Lipinski definition) is 4. The van der Waals surface area contributed by atoms with E-state index in [1.54, 1.807) is 0 Å². The van der Waals surface area contributed by atoms with Gasteiger partial charge in [-0.05, 0) is 127 Å². The third kappa shape index (κ3) is 7.66. The zero-order valence-electron chi connectivity index (χ0n) is 43.4. The lowest BCUT2D eigenvalue weighted by atomic mass is 9.83. The molecule has 0 aliphatic heterocycles. The fourth-order valence-electron chi connectivity index (χ4n) is 11.4. The van der Waals surface area contributed by atoms with Crippen LogP contribution >= 0.6 is 0 Å². The molecule has 0 bridgehead atoms. The first-order valence-electron chi connectivity index (χ1n) is 26.2. The lowest BCUT2D eigenvalue weighted by Gasteiger charge is -2.25. The van der Waals surface area contributed by atoms with E-state index in [9.17, 15) is 5.11 Å². The highest BCUT2D eigenvalue weighted by molar-refractivity contribution is 6.15. The minimum atomic E-state index is -0.189. The Labute approximate surface area is 437 Å². The Bertz CT molecular complexity index is 4370. The number of phenols is 1. The zero-order chi connectivity index (χ0) is 51.3. The summed E-state index contributed by atoms with van der Waals surface area (Å²) in [6.45, 7) is 16.0. The van der Waals surface area contributed by atoms with Crippen LogP contribution in [0.2, 0.25) is 0 Å². The van der Waals surface area contributed by atoms with E-state index in [1.807, 2.05) is 12.3 Å². The first-order chi connectivity index (χ1) is 36.4. The first-order valence-corrected chi connectivity index (χ1v) is 26.2. The lowest BCUT2D eigenvalue weighted by molar-refractivity contribution is 0.477. The number of hydrogen-bond donors (Lipinski definition) is 1. The number of imidazole rings is 2. The van der Waals surface area contributed by atoms with Crippen molar-refractivity contribution in [1.29, 1.82) is 0 Å². The normalized spacial score (nSPS) is 12.2. The molecule has 364 valence electrons. The molecule has 13 rings (SSSR count). The highest BCUT2D eigenvalue weighted by atomic mass is 16.3. The van der Waals surface area contributed by atoms with Gasteiger partial charge < -0.3 is 5.11 Å². The fourth-order valence-corrected chi connectivity index (χ4v) is 11.4. The van der Waals surface area contributed by atoms with Gasteiger partial charge in [-0.1, -0.05) is 182 Å². The molecule has 75 heavy (non-hydrogen) atoms. The Morgan fingerprint density at radius 2 is 1.09 bits per heavy atom. The summed E-state index contributed by atoms with van der Waals surface area (Å²) in [5, 5.41) is 18.2. The van der Waals surface area contributed by atoms with Crippen molar-refractivity contribution < 1.29 is 5.11 Å². The van der Waals surface area contributed by atoms with Crippen LogP contribution in [0.25, 0.3) is 122 Å². The number of aromatic hydroxyl groups is 1. The minimum Gasteiger partial charge on any atom is -0.507 e. The number of pyridine rings is 2. The standard InChI is InChI=1S/C69H57N5O/c1-41(2)55-36-47(44-22-12-9-13-23-44)37-56(42(3)4)65(55)74-66-51-25-15-14-24-46(51)35-57(48-32-49(34-50(33-48)69(5,6)7)59-38-45(30-31-70-59)43-20-10-8-11-21-43)64(66)72-68(74)58-39-62-60(40-63(58)75)71-67-54-28-17-16-26-52(54)53-27-18-19-29-61(53)73(62)67/h8-42,75H,1-7H3. The highest BCUT2D eigenvalue weighted by Gasteiger charge is 2.29. The molecule has 6 nitrogen and oxygen atoms in total. The number of rotatable bonds is 8. The molecular weight excluding hydrogens is 915 g/mol. The van der Waals surface area contributed by atoms with Crippen molar-refractivity contribution in [2.45, 2.75) is 65.7 Å². The summed E-state index contributed by atoms with van der Waals surface area (Å²) in [5.74, 6) is 1.02. The average Bonchev–Trinajstić information content (AvgIpc) is 4.14. The number of benzene rings is 9. The number of nitrogens with zero attached hydrogens (tertiary/aromatic N) is 5. The molecule has 0 saturated carbocycles. The van der Waals surface area contributed by atoms with Crippen LogP contribution in [0.3, 0.4) is 0 Å². The Balaban J connectivity index is 1.17. The van der Waals surface area contributed by atoms with Gasteiger partial charge in [0.15, 0.2) is 0 Å². The Kier molecular flexibility index (Phi) is 10.8. The van der Waals surface area contributed by atoms with Crippen molar-refractivity contribution in [2.24, 2.45) is 0 Å². The van der Waals surface area contributed by atoms with Gasteiger partial charge in [0.1, 0.15) is 17.2 Å². The van der Waals surface area contributed by atoms with Crippen LogP contribution in [0, 0.1) is 0 Å². The molecule has 0 aliphatic carbocycles. The predicted molar refractivity (Wildman–Crippen MR) is 313 cm³/mol. The SMILES string of the molecule is CC(C)c1cc(-c2ccccc2)cc(C(C)C)c1-n1c(-c2cc3c(cc2O)nc2c4ccccc4c4ccccc4n32)nc2c(-c3cc(-c4cc(-c5ccccc5)ccn4)cc(C(C)(C)C)c3)cc3ccccc3c21. The lowest BCUT2D eigenvalue weighted by Crippen LogP contribution is -2.11. The van der Waals surface area contributed by atoms with Gasteiger partial charge >= 0.3 is 0 Å². The molecule has 1 N–H and O–H groups in total. The van der Waals surface area contributed by atoms with Gasteiger partial charge in [0.2, 0.25) is 0 Å². The molecular formula is C69H57N5O. The van der Waals surface area contributed by atoms with E-state index in [1.165, 1.54) is 27.8 Å². The van der Waals surface area contributed by atoms with Crippen LogP contribution in [0.4, 0.5) is 0 Å². The van der Waals surface area contributed by atoms with Gasteiger partial charge in [0.05, 0.1) is 44.5 Å². The van der Waals surface area contributed by atoms with E-state index in [-0.39, 0.29) is 23.0 Å². The second-order valence-electron chi connectivity index (χ2n) is 21.8. The highest BCUT2D eigenvalue weighted by Crippen LogP contribution is 2.47. The van der Waals surface area contributed by atoms with E-state index in [2.05, 4.69) is 245 Å². The van der Waals surface area contributed by atoms with Crippen LogP contribution in [-0.2, 0) is 5.41 Å². The molecule has 9 aromatic carbocycles. The van der Waals surface area contributed by atoms with Gasteiger partial charge in [-0.2, -0.15) is 0 Å². The van der Waals surface area contributed by atoms with Crippen molar-refractivity contribution in [2.75, 3.05) is 0 Å². The third-order valence-electron chi connectivity index (χ3n) is 15.3. The molecule has 0 amide bonds. The molecule has 0 radical (unpaired) electrons. The number of aromatic nitrogens is 5. The molecule has 0 aliphatic rings. The first kappa shape index (κ1) is 46.0. The molecule has 0 fully saturated rings. The largest absolute Gasteiger partial charge is 0.507 e. The maximum Gasteiger partial charge on any atom is 0.149 e. The van der Waals surface area contributed by atoms with E-state index < -0.39 is 0 Å². The van der Waals surface area contributed by atoms with E-state index in [4.69, 9.17) is 15.0 Å². The van der Waals surface area contributed by atoms with E-state index >= 15 is 0 Å². The van der Waals surface area contributed by atoms with Gasteiger partial charge in [-0.15, -0.1) is 0 Å². The molecule has 0 unspecified atom stereocenters. The second-order valence-corrected chi connectivity index (χ2v) is 21.8. The second kappa shape index (κ2) is 17.7. The summed E-state index contributed by atoms with van der Waals surface area (Å²) in [4.78, 5) is 16.2. The van der Waals surface area contributed by atoms with Crippen molar-refractivity contribution in [3.63, 3.8) is 0 Å². The van der Waals surface area contributed by atoms with Gasteiger partial charge in [0.25, 0.3) is 0 Å². The molecule has 6 heteroatoms.